The zero-order valence-corrected chi connectivity index (χ0v) is 10.7. The van der Waals surface area contributed by atoms with E-state index in [0.717, 1.165) is 12.1 Å². The lowest BCUT2D eigenvalue weighted by Crippen LogP contribution is -2.37. The van der Waals surface area contributed by atoms with Crippen molar-refractivity contribution >= 4 is 15.7 Å². The molecule has 1 atom stereocenters. The van der Waals surface area contributed by atoms with Gasteiger partial charge in [-0.3, -0.25) is 4.79 Å². The molecule has 0 fully saturated rings. The molecule has 0 saturated heterocycles. The van der Waals surface area contributed by atoms with E-state index in [-0.39, 0.29) is 0 Å². The van der Waals surface area contributed by atoms with Gasteiger partial charge in [0.15, 0.2) is 9.84 Å². The third kappa shape index (κ3) is 2.63. The maximum absolute atomic E-state index is 13.4. The molecule has 1 amide bonds. The maximum Gasteiger partial charge on any atom is 0.240 e. The van der Waals surface area contributed by atoms with Gasteiger partial charge in [0.25, 0.3) is 0 Å². The van der Waals surface area contributed by atoms with Crippen molar-refractivity contribution in [3.8, 4) is 0 Å². The molecule has 0 spiro atoms. The molecule has 94 valence electrons. The number of carbonyl (C=O) groups is 1. The Morgan fingerprint density at radius 3 is 2.29 bits per heavy atom. The third-order valence-corrected chi connectivity index (χ3v) is 4.47. The Kier molecular flexibility index (Phi) is 3.87. The van der Waals surface area contributed by atoms with E-state index in [0.29, 0.717) is 0 Å². The molecule has 0 aliphatic heterocycles. The van der Waals surface area contributed by atoms with E-state index in [2.05, 4.69) is 0 Å². The Hall–Kier alpha value is -1.43. The van der Waals surface area contributed by atoms with Crippen LogP contribution in [0.3, 0.4) is 0 Å². The van der Waals surface area contributed by atoms with Crippen LogP contribution in [0, 0.1) is 5.82 Å². The van der Waals surface area contributed by atoms with Crippen molar-refractivity contribution in [3.63, 3.8) is 0 Å². The standard InChI is InChI=1S/C11H14FNO3S/c1-8(11(14)13(2)3)17(15,16)10-7-5-4-6-9(10)12/h4-8H,1-3H3. The number of nitrogens with zero attached hydrogens (tertiary/aromatic N) is 1. The zero-order chi connectivity index (χ0) is 13.2. The van der Waals surface area contributed by atoms with Gasteiger partial charge in [-0.15, -0.1) is 0 Å². The minimum absolute atomic E-state index is 0.442. The van der Waals surface area contributed by atoms with Crippen LogP contribution < -0.4 is 0 Å². The summed E-state index contributed by atoms with van der Waals surface area (Å²) in [6, 6.07) is 5.03. The van der Waals surface area contributed by atoms with Gasteiger partial charge in [-0.05, 0) is 19.1 Å². The van der Waals surface area contributed by atoms with E-state index in [9.17, 15) is 17.6 Å². The quantitative estimate of drug-likeness (QED) is 0.816. The molecule has 1 aromatic carbocycles. The minimum atomic E-state index is -3.98. The summed E-state index contributed by atoms with van der Waals surface area (Å²) in [5, 5.41) is -1.30. The molecule has 6 heteroatoms. The molecule has 17 heavy (non-hydrogen) atoms. The lowest BCUT2D eigenvalue weighted by molar-refractivity contribution is -0.127. The predicted octanol–water partition coefficient (Wildman–Crippen LogP) is 1.08. The molecule has 0 N–H and O–H groups in total. The average Bonchev–Trinajstić information content (AvgIpc) is 2.27. The third-order valence-electron chi connectivity index (χ3n) is 2.40. The summed E-state index contributed by atoms with van der Waals surface area (Å²) >= 11 is 0. The van der Waals surface area contributed by atoms with Gasteiger partial charge in [-0.1, -0.05) is 12.1 Å². The SMILES string of the molecule is CC(C(=O)N(C)C)S(=O)(=O)c1ccccc1F. The van der Waals surface area contributed by atoms with Crippen molar-refractivity contribution < 1.29 is 17.6 Å². The predicted molar refractivity (Wildman–Crippen MR) is 61.7 cm³/mol. The highest BCUT2D eigenvalue weighted by atomic mass is 32.2. The number of halogens is 1. The second kappa shape index (κ2) is 4.83. The van der Waals surface area contributed by atoms with Crippen LogP contribution in [0.5, 0.6) is 0 Å². The average molecular weight is 259 g/mol. The van der Waals surface area contributed by atoms with Crippen LogP contribution in [0.1, 0.15) is 6.92 Å². The van der Waals surface area contributed by atoms with Crippen molar-refractivity contribution in [2.24, 2.45) is 0 Å². The molecule has 1 unspecified atom stereocenters. The van der Waals surface area contributed by atoms with Gasteiger partial charge in [-0.2, -0.15) is 0 Å². The van der Waals surface area contributed by atoms with Crippen LogP contribution in [-0.2, 0) is 14.6 Å². The smallest absolute Gasteiger partial charge is 0.240 e. The molecule has 1 rings (SSSR count). The van der Waals surface area contributed by atoms with E-state index in [1.165, 1.54) is 38.1 Å². The molecule has 4 nitrogen and oxygen atoms in total. The fourth-order valence-electron chi connectivity index (χ4n) is 1.36. The van der Waals surface area contributed by atoms with Gasteiger partial charge in [0.1, 0.15) is 16.0 Å². The maximum atomic E-state index is 13.4. The number of hydrogen-bond donors (Lipinski definition) is 0. The first-order chi connectivity index (χ1) is 7.78. The minimum Gasteiger partial charge on any atom is -0.348 e. The first-order valence-corrected chi connectivity index (χ1v) is 6.52. The fraction of sp³-hybridized carbons (Fsp3) is 0.364. The van der Waals surface area contributed by atoms with E-state index in [4.69, 9.17) is 0 Å². The highest BCUT2D eigenvalue weighted by Gasteiger charge is 2.32. The van der Waals surface area contributed by atoms with Crippen molar-refractivity contribution in [2.75, 3.05) is 14.1 Å². The topological polar surface area (TPSA) is 54.5 Å². The van der Waals surface area contributed by atoms with E-state index in [1.54, 1.807) is 0 Å². The summed E-state index contributed by atoms with van der Waals surface area (Å²) in [6.45, 7) is 1.25. The van der Waals surface area contributed by atoms with Crippen LogP contribution in [0.15, 0.2) is 29.2 Å². The summed E-state index contributed by atoms with van der Waals surface area (Å²) < 4.78 is 37.4. The van der Waals surface area contributed by atoms with Crippen molar-refractivity contribution in [2.45, 2.75) is 17.1 Å². The molecule has 0 aliphatic carbocycles. The second-order valence-corrected chi connectivity index (χ2v) is 6.09. The number of hydrogen-bond acceptors (Lipinski definition) is 3. The summed E-state index contributed by atoms with van der Waals surface area (Å²) in [4.78, 5) is 12.3. The van der Waals surface area contributed by atoms with Crippen LogP contribution in [0.4, 0.5) is 4.39 Å². The normalized spacial score (nSPS) is 13.2. The van der Waals surface area contributed by atoms with Crippen molar-refractivity contribution in [3.05, 3.63) is 30.1 Å². The Bertz CT molecular complexity index is 525. The molecule has 0 aromatic heterocycles. The second-order valence-electron chi connectivity index (χ2n) is 3.85. The van der Waals surface area contributed by atoms with E-state index >= 15 is 0 Å². The molecular formula is C11H14FNO3S. The Balaban J connectivity index is 3.22. The molecule has 0 radical (unpaired) electrons. The van der Waals surface area contributed by atoms with E-state index in [1.807, 2.05) is 0 Å². The molecule has 0 heterocycles. The monoisotopic (exact) mass is 259 g/mol. The van der Waals surface area contributed by atoms with Gasteiger partial charge >= 0.3 is 0 Å². The highest BCUT2D eigenvalue weighted by Crippen LogP contribution is 2.20. The van der Waals surface area contributed by atoms with Crippen LogP contribution in [0.2, 0.25) is 0 Å². The Morgan fingerprint density at radius 2 is 1.82 bits per heavy atom. The lowest BCUT2D eigenvalue weighted by Gasteiger charge is -2.17. The van der Waals surface area contributed by atoms with Crippen LogP contribution >= 0.6 is 0 Å². The number of amides is 1. The van der Waals surface area contributed by atoms with E-state index < -0.39 is 31.7 Å². The van der Waals surface area contributed by atoms with Gasteiger partial charge in [0, 0.05) is 14.1 Å². The van der Waals surface area contributed by atoms with Crippen molar-refractivity contribution in [1.29, 1.82) is 0 Å². The van der Waals surface area contributed by atoms with Gasteiger partial charge in [0.2, 0.25) is 5.91 Å². The number of benzene rings is 1. The summed E-state index contributed by atoms with van der Waals surface area (Å²) in [6.07, 6.45) is 0. The summed E-state index contributed by atoms with van der Waals surface area (Å²) in [5.41, 5.74) is 0. The van der Waals surface area contributed by atoms with Crippen LogP contribution in [-0.4, -0.2) is 38.6 Å². The molecule has 0 aliphatic rings. The molecule has 0 saturated carbocycles. The lowest BCUT2D eigenvalue weighted by atomic mass is 10.3. The summed E-state index contributed by atoms with van der Waals surface area (Å²) in [5.74, 6) is -1.42. The Labute approximate surface area is 100.0 Å². The van der Waals surface area contributed by atoms with Gasteiger partial charge in [-0.25, -0.2) is 12.8 Å². The molecule has 0 bridgehead atoms. The number of rotatable bonds is 3. The van der Waals surface area contributed by atoms with Crippen LogP contribution in [0.25, 0.3) is 0 Å². The van der Waals surface area contributed by atoms with Crippen molar-refractivity contribution in [1.82, 2.24) is 4.90 Å². The Morgan fingerprint density at radius 1 is 1.29 bits per heavy atom. The van der Waals surface area contributed by atoms with Gasteiger partial charge < -0.3 is 4.90 Å². The molecule has 1 aromatic rings. The first kappa shape index (κ1) is 13.6. The van der Waals surface area contributed by atoms with Gasteiger partial charge in [0.05, 0.1) is 0 Å². The summed E-state index contributed by atoms with van der Waals surface area (Å²) in [7, 11) is -1.07. The highest BCUT2D eigenvalue weighted by molar-refractivity contribution is 7.92. The largest absolute Gasteiger partial charge is 0.348 e. The zero-order valence-electron chi connectivity index (χ0n) is 9.84. The number of sulfone groups is 1. The molecular weight excluding hydrogens is 245 g/mol. The first-order valence-electron chi connectivity index (χ1n) is 4.98. The fourth-order valence-corrected chi connectivity index (χ4v) is 2.83. The number of carbonyl (C=O) groups excluding carboxylic acids is 1.